The number of hydrogen-bond acceptors (Lipinski definition) is 3. The van der Waals surface area contributed by atoms with Gasteiger partial charge in [-0.3, -0.25) is 4.79 Å². The Morgan fingerprint density at radius 3 is 2.89 bits per heavy atom. The molecule has 0 fully saturated rings. The van der Waals surface area contributed by atoms with Gasteiger partial charge in [0.05, 0.1) is 0 Å². The summed E-state index contributed by atoms with van der Waals surface area (Å²) < 4.78 is 1.23. The molecular formula is C13H15N3O2S. The Kier molecular flexibility index (Phi) is 4.01. The van der Waals surface area contributed by atoms with Crippen LogP contribution in [0.1, 0.15) is 5.56 Å². The van der Waals surface area contributed by atoms with Crippen molar-refractivity contribution in [2.45, 2.75) is 6.54 Å². The molecule has 0 aliphatic heterocycles. The molecule has 3 N–H and O–H groups in total. The van der Waals surface area contributed by atoms with Crippen LogP contribution >= 0.6 is 11.3 Å². The van der Waals surface area contributed by atoms with Crippen molar-refractivity contribution in [2.75, 3.05) is 13.6 Å². The number of primary amides is 1. The number of thiophene rings is 1. The van der Waals surface area contributed by atoms with E-state index in [9.17, 15) is 9.59 Å². The number of hydrogen-bond donors (Lipinski definition) is 2. The van der Waals surface area contributed by atoms with Crippen molar-refractivity contribution in [3.8, 4) is 0 Å². The lowest BCUT2D eigenvalue weighted by Gasteiger charge is -2.13. The highest BCUT2D eigenvalue weighted by molar-refractivity contribution is 7.17. The van der Waals surface area contributed by atoms with Crippen LogP contribution in [-0.2, 0) is 11.3 Å². The number of fused-ring (bicyclic) bond motifs is 1. The minimum atomic E-state index is -0.616. The number of rotatable bonds is 4. The highest BCUT2D eigenvalue weighted by Crippen LogP contribution is 2.21. The van der Waals surface area contributed by atoms with Gasteiger partial charge in [-0.1, -0.05) is 6.07 Å². The maximum Gasteiger partial charge on any atom is 0.314 e. The zero-order valence-electron chi connectivity index (χ0n) is 10.6. The molecule has 0 atom stereocenters. The Bertz CT molecular complexity index is 609. The summed E-state index contributed by atoms with van der Waals surface area (Å²) >= 11 is 1.69. The standard InChI is InChI=1S/C13H15N3O2S/c1-16(13(14)18)8-12(17)15-7-9-2-3-11-10(6-9)4-5-19-11/h2-6H,7-8H2,1H3,(H2,14,18)(H,15,17). The quantitative estimate of drug-likeness (QED) is 0.889. The Balaban J connectivity index is 1.91. The molecule has 1 heterocycles. The SMILES string of the molecule is CN(CC(=O)NCc1ccc2sccc2c1)C(N)=O. The number of nitrogens with two attached hydrogens (primary N) is 1. The van der Waals surface area contributed by atoms with Gasteiger partial charge >= 0.3 is 6.03 Å². The molecule has 1 aromatic heterocycles. The lowest BCUT2D eigenvalue weighted by atomic mass is 10.1. The van der Waals surface area contributed by atoms with Crippen LogP contribution in [0.4, 0.5) is 4.79 Å². The van der Waals surface area contributed by atoms with Crippen LogP contribution < -0.4 is 11.1 Å². The first-order chi connectivity index (χ1) is 9.06. The van der Waals surface area contributed by atoms with Gasteiger partial charge in [0, 0.05) is 18.3 Å². The van der Waals surface area contributed by atoms with Crippen LogP contribution in [0.5, 0.6) is 0 Å². The van der Waals surface area contributed by atoms with E-state index in [1.165, 1.54) is 17.1 Å². The number of urea groups is 1. The third-order valence-corrected chi connectivity index (χ3v) is 3.66. The molecule has 6 heteroatoms. The van der Waals surface area contributed by atoms with Crippen molar-refractivity contribution in [2.24, 2.45) is 5.73 Å². The van der Waals surface area contributed by atoms with Crippen LogP contribution in [0.15, 0.2) is 29.6 Å². The maximum atomic E-state index is 11.6. The fourth-order valence-electron chi connectivity index (χ4n) is 1.68. The van der Waals surface area contributed by atoms with Crippen LogP contribution in [0, 0.1) is 0 Å². The van der Waals surface area contributed by atoms with Gasteiger partial charge in [-0.05, 0) is 34.5 Å². The summed E-state index contributed by atoms with van der Waals surface area (Å²) in [5.74, 6) is -0.230. The van der Waals surface area contributed by atoms with Gasteiger partial charge in [0.1, 0.15) is 6.54 Å². The smallest absolute Gasteiger partial charge is 0.314 e. The second-order valence-electron chi connectivity index (χ2n) is 4.26. The lowest BCUT2D eigenvalue weighted by Crippen LogP contribution is -2.40. The minimum Gasteiger partial charge on any atom is -0.351 e. The van der Waals surface area contributed by atoms with Gasteiger partial charge in [-0.25, -0.2) is 4.79 Å². The average Bonchev–Trinajstić information content (AvgIpc) is 2.83. The van der Waals surface area contributed by atoms with Crippen LogP contribution in [0.3, 0.4) is 0 Å². The molecule has 0 spiro atoms. The van der Waals surface area contributed by atoms with E-state index in [0.29, 0.717) is 6.54 Å². The van der Waals surface area contributed by atoms with E-state index in [1.54, 1.807) is 11.3 Å². The van der Waals surface area contributed by atoms with E-state index in [2.05, 4.69) is 5.32 Å². The number of likely N-dealkylation sites (N-methyl/N-ethyl adjacent to an activating group) is 1. The number of nitrogens with zero attached hydrogens (tertiary/aromatic N) is 1. The van der Waals surface area contributed by atoms with E-state index in [4.69, 9.17) is 5.73 Å². The summed E-state index contributed by atoms with van der Waals surface area (Å²) in [5.41, 5.74) is 6.08. The molecule has 0 aliphatic carbocycles. The Morgan fingerprint density at radius 2 is 2.16 bits per heavy atom. The molecule has 100 valence electrons. The summed E-state index contributed by atoms with van der Waals surface area (Å²) in [4.78, 5) is 23.5. The molecule has 0 aliphatic rings. The Hall–Kier alpha value is -2.08. The number of carbonyl (C=O) groups is 2. The topological polar surface area (TPSA) is 75.4 Å². The first-order valence-corrected chi connectivity index (χ1v) is 6.67. The average molecular weight is 277 g/mol. The van der Waals surface area contributed by atoms with Gasteiger partial charge in [0.15, 0.2) is 0 Å². The van der Waals surface area contributed by atoms with Gasteiger partial charge in [0.25, 0.3) is 0 Å². The van der Waals surface area contributed by atoms with Crippen LogP contribution in [0.25, 0.3) is 10.1 Å². The second kappa shape index (κ2) is 5.71. The molecule has 3 amide bonds. The maximum absolute atomic E-state index is 11.6. The van der Waals surface area contributed by atoms with Crippen LogP contribution in [-0.4, -0.2) is 30.4 Å². The van der Waals surface area contributed by atoms with Crippen molar-refractivity contribution < 1.29 is 9.59 Å². The molecule has 1 aromatic carbocycles. The molecule has 0 radical (unpaired) electrons. The Morgan fingerprint density at radius 1 is 1.37 bits per heavy atom. The molecule has 0 saturated heterocycles. The molecule has 0 bridgehead atoms. The summed E-state index contributed by atoms with van der Waals surface area (Å²) in [6.07, 6.45) is 0. The molecule has 2 rings (SSSR count). The molecule has 0 unspecified atom stereocenters. The van der Waals surface area contributed by atoms with Crippen molar-refractivity contribution in [1.29, 1.82) is 0 Å². The van der Waals surface area contributed by atoms with Gasteiger partial charge in [0.2, 0.25) is 5.91 Å². The van der Waals surface area contributed by atoms with Crippen molar-refractivity contribution in [1.82, 2.24) is 10.2 Å². The first-order valence-electron chi connectivity index (χ1n) is 5.79. The summed E-state index contributed by atoms with van der Waals surface area (Å²) in [7, 11) is 1.49. The fourth-order valence-corrected chi connectivity index (χ4v) is 2.45. The number of carbonyl (C=O) groups excluding carboxylic acids is 2. The second-order valence-corrected chi connectivity index (χ2v) is 5.21. The molecule has 19 heavy (non-hydrogen) atoms. The minimum absolute atomic E-state index is 0.0317. The largest absolute Gasteiger partial charge is 0.351 e. The van der Waals surface area contributed by atoms with Gasteiger partial charge in [-0.15, -0.1) is 11.3 Å². The lowest BCUT2D eigenvalue weighted by molar-refractivity contribution is -0.121. The predicted octanol–water partition coefficient (Wildman–Crippen LogP) is 1.53. The van der Waals surface area contributed by atoms with E-state index in [-0.39, 0.29) is 12.5 Å². The third-order valence-electron chi connectivity index (χ3n) is 2.76. The number of nitrogens with one attached hydrogen (secondary N) is 1. The monoisotopic (exact) mass is 277 g/mol. The summed E-state index contributed by atoms with van der Waals surface area (Å²) in [6, 6.07) is 7.50. The highest BCUT2D eigenvalue weighted by Gasteiger charge is 2.09. The summed E-state index contributed by atoms with van der Waals surface area (Å²) in [5, 5.41) is 5.97. The van der Waals surface area contributed by atoms with Gasteiger partial charge in [-0.2, -0.15) is 0 Å². The van der Waals surface area contributed by atoms with E-state index in [1.807, 2.05) is 29.6 Å². The Labute approximate surface area is 115 Å². The highest BCUT2D eigenvalue weighted by atomic mass is 32.1. The number of amides is 3. The number of benzene rings is 1. The van der Waals surface area contributed by atoms with Gasteiger partial charge < -0.3 is 16.0 Å². The van der Waals surface area contributed by atoms with Crippen molar-refractivity contribution >= 4 is 33.4 Å². The van der Waals surface area contributed by atoms with E-state index < -0.39 is 6.03 Å². The normalized spacial score (nSPS) is 10.4. The molecule has 5 nitrogen and oxygen atoms in total. The third kappa shape index (κ3) is 3.45. The first kappa shape index (κ1) is 13.4. The van der Waals surface area contributed by atoms with E-state index >= 15 is 0 Å². The molecular weight excluding hydrogens is 262 g/mol. The fraction of sp³-hybridized carbons (Fsp3) is 0.231. The zero-order chi connectivity index (χ0) is 13.8. The van der Waals surface area contributed by atoms with E-state index in [0.717, 1.165) is 10.5 Å². The molecule has 0 saturated carbocycles. The van der Waals surface area contributed by atoms with Crippen molar-refractivity contribution in [3.05, 3.63) is 35.2 Å². The van der Waals surface area contributed by atoms with Crippen molar-refractivity contribution in [3.63, 3.8) is 0 Å². The predicted molar refractivity (Wildman–Crippen MR) is 75.9 cm³/mol. The molecule has 2 aromatic rings. The summed E-state index contributed by atoms with van der Waals surface area (Å²) in [6.45, 7) is 0.410. The van der Waals surface area contributed by atoms with Crippen LogP contribution in [0.2, 0.25) is 0 Å². The zero-order valence-corrected chi connectivity index (χ0v) is 11.4.